The second kappa shape index (κ2) is 5.68. The van der Waals surface area contributed by atoms with Crippen molar-refractivity contribution in [3.05, 3.63) is 36.4 Å². The molecule has 106 valence electrons. The van der Waals surface area contributed by atoms with Crippen LogP contribution in [0.15, 0.2) is 30.9 Å². The topological polar surface area (TPSA) is 92.9 Å². The van der Waals surface area contributed by atoms with Crippen molar-refractivity contribution in [2.75, 3.05) is 11.9 Å². The number of carboxylic acid groups (broad SMARTS) is 1. The fourth-order valence-electron chi connectivity index (χ4n) is 1.74. The van der Waals surface area contributed by atoms with Gasteiger partial charge in [0.05, 0.1) is 5.56 Å². The maximum atomic E-state index is 10.7. The zero-order valence-corrected chi connectivity index (χ0v) is 11.4. The summed E-state index contributed by atoms with van der Waals surface area (Å²) in [5, 5.41) is 16.1. The number of hydrogen-bond donors (Lipinski definition) is 2. The van der Waals surface area contributed by atoms with E-state index in [2.05, 4.69) is 34.2 Å². The van der Waals surface area contributed by atoms with Crippen LogP contribution in [0.3, 0.4) is 0 Å². The summed E-state index contributed by atoms with van der Waals surface area (Å²) >= 11 is 0. The quantitative estimate of drug-likeness (QED) is 0.830. The third kappa shape index (κ3) is 3.78. The van der Waals surface area contributed by atoms with Crippen LogP contribution in [0.5, 0.6) is 0 Å². The lowest BCUT2D eigenvalue weighted by molar-refractivity contribution is 0.0696. The van der Waals surface area contributed by atoms with Gasteiger partial charge in [0, 0.05) is 43.3 Å². The Morgan fingerprint density at radius 3 is 2.65 bits per heavy atom. The van der Waals surface area contributed by atoms with E-state index in [0.29, 0.717) is 12.5 Å². The Labute approximate surface area is 116 Å². The van der Waals surface area contributed by atoms with Crippen LogP contribution >= 0.6 is 0 Å². The second-order valence-corrected chi connectivity index (χ2v) is 5.32. The first-order valence-corrected chi connectivity index (χ1v) is 6.23. The first-order valence-electron chi connectivity index (χ1n) is 6.23. The molecule has 2 heterocycles. The van der Waals surface area contributed by atoms with Gasteiger partial charge in [0.15, 0.2) is 0 Å². The number of nitrogens with one attached hydrogen (secondary N) is 1. The van der Waals surface area contributed by atoms with Gasteiger partial charge in [-0.3, -0.25) is 4.68 Å². The molecule has 0 saturated carbocycles. The normalized spacial score (nSPS) is 11.3. The average molecular weight is 275 g/mol. The molecule has 0 aliphatic carbocycles. The maximum absolute atomic E-state index is 10.7. The summed E-state index contributed by atoms with van der Waals surface area (Å²) in [6.07, 6.45) is 6.24. The van der Waals surface area contributed by atoms with Crippen LogP contribution in [0.4, 0.5) is 5.95 Å². The highest BCUT2D eigenvalue weighted by Crippen LogP contribution is 2.18. The molecule has 0 unspecified atom stereocenters. The molecule has 0 aromatic carbocycles. The van der Waals surface area contributed by atoms with Gasteiger partial charge in [0.25, 0.3) is 0 Å². The molecule has 0 atom stereocenters. The molecule has 7 heteroatoms. The summed E-state index contributed by atoms with van der Waals surface area (Å²) in [6, 6.07) is 1.89. The van der Waals surface area contributed by atoms with E-state index in [-0.39, 0.29) is 11.0 Å². The molecule has 0 aliphatic heterocycles. The lowest BCUT2D eigenvalue weighted by Gasteiger charge is -2.24. The highest BCUT2D eigenvalue weighted by Gasteiger charge is 2.19. The van der Waals surface area contributed by atoms with Crippen LogP contribution in [0.1, 0.15) is 24.2 Å². The monoisotopic (exact) mass is 275 g/mol. The van der Waals surface area contributed by atoms with Gasteiger partial charge in [-0.25, -0.2) is 14.8 Å². The molecule has 0 saturated heterocycles. The molecule has 0 fully saturated rings. The third-order valence-corrected chi connectivity index (χ3v) is 2.77. The number of hydrogen-bond acceptors (Lipinski definition) is 5. The van der Waals surface area contributed by atoms with E-state index in [0.717, 1.165) is 6.54 Å². The molecule has 2 aromatic rings. The van der Waals surface area contributed by atoms with Crippen molar-refractivity contribution in [3.8, 4) is 0 Å². The van der Waals surface area contributed by atoms with Gasteiger partial charge in [-0.15, -0.1) is 0 Å². The SMILES string of the molecule is CC(C)(CNc1ncc(C(=O)O)cn1)Cn1cccn1. The predicted molar refractivity (Wildman–Crippen MR) is 73.5 cm³/mol. The molecule has 0 aliphatic rings. The van der Waals surface area contributed by atoms with Crippen molar-refractivity contribution < 1.29 is 9.90 Å². The zero-order valence-electron chi connectivity index (χ0n) is 11.4. The highest BCUT2D eigenvalue weighted by atomic mass is 16.4. The van der Waals surface area contributed by atoms with E-state index in [1.54, 1.807) is 6.20 Å². The van der Waals surface area contributed by atoms with Gasteiger partial charge in [-0.05, 0) is 6.07 Å². The Morgan fingerprint density at radius 2 is 2.10 bits per heavy atom. The molecule has 7 nitrogen and oxygen atoms in total. The van der Waals surface area contributed by atoms with Crippen molar-refractivity contribution in [2.45, 2.75) is 20.4 Å². The van der Waals surface area contributed by atoms with Crippen LogP contribution in [-0.2, 0) is 6.54 Å². The molecule has 2 N–H and O–H groups in total. The summed E-state index contributed by atoms with van der Waals surface area (Å²) in [4.78, 5) is 18.6. The summed E-state index contributed by atoms with van der Waals surface area (Å²) in [7, 11) is 0. The van der Waals surface area contributed by atoms with Gasteiger partial charge in [-0.2, -0.15) is 5.10 Å². The van der Waals surface area contributed by atoms with Crippen LogP contribution in [0.2, 0.25) is 0 Å². The average Bonchev–Trinajstić information content (AvgIpc) is 2.89. The van der Waals surface area contributed by atoms with Crippen molar-refractivity contribution in [1.82, 2.24) is 19.7 Å². The second-order valence-electron chi connectivity index (χ2n) is 5.32. The molecule has 2 rings (SSSR count). The van der Waals surface area contributed by atoms with E-state index in [1.165, 1.54) is 12.4 Å². The molecule has 0 amide bonds. The first kappa shape index (κ1) is 14.0. The van der Waals surface area contributed by atoms with Crippen LogP contribution in [-0.4, -0.2) is 37.4 Å². The largest absolute Gasteiger partial charge is 0.478 e. The minimum Gasteiger partial charge on any atom is -0.478 e. The first-order chi connectivity index (χ1) is 9.46. The van der Waals surface area contributed by atoms with Crippen molar-refractivity contribution >= 4 is 11.9 Å². The van der Waals surface area contributed by atoms with E-state index in [9.17, 15) is 4.79 Å². The standard InChI is InChI=1S/C13H17N5O2/c1-13(2,9-18-5-3-4-17-18)8-16-12-14-6-10(7-15-12)11(19)20/h3-7H,8-9H2,1-2H3,(H,19,20)(H,14,15,16). The number of aromatic carboxylic acids is 1. The van der Waals surface area contributed by atoms with Gasteiger partial charge in [0.2, 0.25) is 5.95 Å². The summed E-state index contributed by atoms with van der Waals surface area (Å²) < 4.78 is 1.87. The number of aromatic nitrogens is 4. The number of carbonyl (C=O) groups is 1. The van der Waals surface area contributed by atoms with Crippen molar-refractivity contribution in [3.63, 3.8) is 0 Å². The summed E-state index contributed by atoms with van der Waals surface area (Å²) in [5.74, 6) is -0.612. The van der Waals surface area contributed by atoms with E-state index >= 15 is 0 Å². The molecule has 0 radical (unpaired) electrons. The van der Waals surface area contributed by atoms with E-state index in [4.69, 9.17) is 5.11 Å². The molecule has 0 bridgehead atoms. The zero-order chi connectivity index (χ0) is 14.6. The Morgan fingerprint density at radius 1 is 1.40 bits per heavy atom. The fourth-order valence-corrected chi connectivity index (χ4v) is 1.74. The maximum Gasteiger partial charge on any atom is 0.338 e. The number of nitrogens with zero attached hydrogens (tertiary/aromatic N) is 4. The minimum atomic E-state index is -1.03. The van der Waals surface area contributed by atoms with Gasteiger partial charge >= 0.3 is 5.97 Å². The Bertz CT molecular complexity index is 563. The number of anilines is 1. The van der Waals surface area contributed by atoms with Crippen molar-refractivity contribution in [1.29, 1.82) is 0 Å². The van der Waals surface area contributed by atoms with E-state index in [1.807, 2.05) is 16.9 Å². The molecular weight excluding hydrogens is 258 g/mol. The molecular formula is C13H17N5O2. The molecule has 0 spiro atoms. The van der Waals surface area contributed by atoms with Crippen LogP contribution in [0, 0.1) is 5.41 Å². The molecule has 20 heavy (non-hydrogen) atoms. The minimum absolute atomic E-state index is 0.0408. The van der Waals surface area contributed by atoms with Gasteiger partial charge in [-0.1, -0.05) is 13.8 Å². The van der Waals surface area contributed by atoms with E-state index < -0.39 is 5.97 Å². The Kier molecular flexibility index (Phi) is 3.97. The number of rotatable bonds is 6. The summed E-state index contributed by atoms with van der Waals surface area (Å²) in [6.45, 7) is 5.63. The lowest BCUT2D eigenvalue weighted by atomic mass is 9.93. The molecule has 2 aromatic heterocycles. The summed E-state index contributed by atoms with van der Waals surface area (Å²) in [5.41, 5.74) is 0.0345. The number of carboxylic acids is 1. The van der Waals surface area contributed by atoms with Crippen molar-refractivity contribution in [2.24, 2.45) is 5.41 Å². The third-order valence-electron chi connectivity index (χ3n) is 2.77. The fraction of sp³-hybridized carbons (Fsp3) is 0.385. The van der Waals surface area contributed by atoms with Crippen LogP contribution in [0.25, 0.3) is 0 Å². The lowest BCUT2D eigenvalue weighted by Crippen LogP contribution is -2.29. The smallest absolute Gasteiger partial charge is 0.338 e. The Hall–Kier alpha value is -2.44. The van der Waals surface area contributed by atoms with Gasteiger partial charge < -0.3 is 10.4 Å². The Balaban J connectivity index is 1.92. The van der Waals surface area contributed by atoms with Gasteiger partial charge in [0.1, 0.15) is 0 Å². The van der Waals surface area contributed by atoms with Crippen LogP contribution < -0.4 is 5.32 Å². The predicted octanol–water partition coefficient (Wildman–Crippen LogP) is 1.51. The highest BCUT2D eigenvalue weighted by molar-refractivity contribution is 5.86.